The third-order valence-corrected chi connectivity index (χ3v) is 4.90. The number of hydrogen-bond donors (Lipinski definition) is 0. The summed E-state index contributed by atoms with van der Waals surface area (Å²) in [5.41, 5.74) is 0. The van der Waals surface area contributed by atoms with Gasteiger partial charge in [-0.1, -0.05) is 85.0 Å². The molecule has 0 aromatic heterocycles. The van der Waals surface area contributed by atoms with Crippen molar-refractivity contribution < 1.29 is 4.74 Å². The second-order valence-corrected chi connectivity index (χ2v) is 7.35. The molecule has 0 aromatic rings. The van der Waals surface area contributed by atoms with E-state index in [1.165, 1.54) is 96.6 Å². The fourth-order valence-electron chi connectivity index (χ4n) is 3.31. The maximum Gasteiger partial charge on any atom is 0.0701 e. The van der Waals surface area contributed by atoms with E-state index in [2.05, 4.69) is 32.6 Å². The van der Waals surface area contributed by atoms with Crippen LogP contribution in [0.25, 0.3) is 0 Å². The third kappa shape index (κ3) is 15.4. The highest BCUT2D eigenvalue weighted by Gasteiger charge is 2.13. The van der Waals surface area contributed by atoms with Crippen molar-refractivity contribution in [2.24, 2.45) is 0 Å². The van der Waals surface area contributed by atoms with Crippen LogP contribution in [0.15, 0.2) is 0 Å². The van der Waals surface area contributed by atoms with Gasteiger partial charge in [0, 0.05) is 13.2 Å². The first-order valence-corrected chi connectivity index (χ1v) is 11.1. The van der Waals surface area contributed by atoms with Crippen LogP contribution in [-0.4, -0.2) is 37.2 Å². The molecule has 0 radical (unpaired) electrons. The molecule has 1 unspecified atom stereocenters. The Morgan fingerprint density at radius 2 is 1.12 bits per heavy atom. The van der Waals surface area contributed by atoms with Gasteiger partial charge in [0.25, 0.3) is 0 Å². The molecule has 0 heterocycles. The minimum atomic E-state index is 0.448. The summed E-state index contributed by atoms with van der Waals surface area (Å²) in [4.78, 5) is 2.65. The van der Waals surface area contributed by atoms with Gasteiger partial charge in [-0.05, 0) is 39.3 Å². The first-order valence-electron chi connectivity index (χ1n) is 11.1. The molecule has 0 aliphatic heterocycles. The van der Waals surface area contributed by atoms with Crippen molar-refractivity contribution in [1.29, 1.82) is 0 Å². The van der Waals surface area contributed by atoms with Crippen LogP contribution in [0, 0.1) is 0 Å². The summed E-state index contributed by atoms with van der Waals surface area (Å²) in [6, 6.07) is 0. The molecule has 0 saturated heterocycles. The Balaban J connectivity index is 3.93. The Kier molecular flexibility index (Phi) is 19.2. The van der Waals surface area contributed by atoms with E-state index in [1.807, 2.05) is 0 Å². The van der Waals surface area contributed by atoms with Crippen molar-refractivity contribution in [2.45, 2.75) is 117 Å². The minimum absolute atomic E-state index is 0.448. The molecule has 24 heavy (non-hydrogen) atoms. The van der Waals surface area contributed by atoms with Gasteiger partial charge in [-0.3, -0.25) is 0 Å². The van der Waals surface area contributed by atoms with Crippen LogP contribution < -0.4 is 0 Å². The third-order valence-electron chi connectivity index (χ3n) is 4.90. The fourth-order valence-corrected chi connectivity index (χ4v) is 3.31. The topological polar surface area (TPSA) is 12.5 Å². The fraction of sp³-hybridized carbons (Fsp3) is 1.00. The maximum atomic E-state index is 6.05. The Morgan fingerprint density at radius 3 is 1.62 bits per heavy atom. The van der Waals surface area contributed by atoms with Gasteiger partial charge in [0.15, 0.2) is 0 Å². The summed E-state index contributed by atoms with van der Waals surface area (Å²) < 4.78 is 6.05. The normalized spacial score (nSPS) is 12.9. The van der Waals surface area contributed by atoms with Crippen LogP contribution in [0.3, 0.4) is 0 Å². The molecule has 0 saturated carbocycles. The van der Waals surface area contributed by atoms with Gasteiger partial charge >= 0.3 is 0 Å². The number of ether oxygens (including phenoxy) is 1. The highest BCUT2D eigenvalue weighted by Crippen LogP contribution is 2.13. The van der Waals surface area contributed by atoms with E-state index in [1.54, 1.807) is 0 Å². The van der Waals surface area contributed by atoms with E-state index >= 15 is 0 Å². The van der Waals surface area contributed by atoms with E-state index in [-0.39, 0.29) is 0 Å². The number of nitrogens with zero attached hydrogens (tertiary/aromatic N) is 1. The predicted octanol–water partition coefficient (Wildman–Crippen LogP) is 6.82. The Morgan fingerprint density at radius 1 is 0.625 bits per heavy atom. The van der Waals surface area contributed by atoms with E-state index in [0.717, 1.165) is 13.2 Å². The monoisotopic (exact) mass is 341 g/mol. The Labute approximate surface area is 153 Å². The summed E-state index contributed by atoms with van der Waals surface area (Å²) in [6.07, 6.45) is 18.1. The van der Waals surface area contributed by atoms with Gasteiger partial charge in [-0.25, -0.2) is 0 Å². The van der Waals surface area contributed by atoms with E-state index in [4.69, 9.17) is 4.74 Å². The van der Waals surface area contributed by atoms with Crippen molar-refractivity contribution >= 4 is 0 Å². The molecule has 146 valence electrons. The average molecular weight is 342 g/mol. The van der Waals surface area contributed by atoms with Gasteiger partial charge in [0.1, 0.15) is 0 Å². The largest absolute Gasteiger partial charge is 0.377 e. The van der Waals surface area contributed by atoms with Gasteiger partial charge < -0.3 is 9.64 Å². The standard InChI is InChI=1S/C22H47NO/c1-5-9-12-13-14-15-16-17-18-22(24-8-4)21-23(19-10-6-2)20-11-7-3/h22H,5-21H2,1-4H3. The van der Waals surface area contributed by atoms with Crippen LogP contribution in [0.2, 0.25) is 0 Å². The molecule has 0 N–H and O–H groups in total. The maximum absolute atomic E-state index is 6.05. The van der Waals surface area contributed by atoms with Crippen molar-refractivity contribution in [3.63, 3.8) is 0 Å². The molecular formula is C22H47NO. The van der Waals surface area contributed by atoms with Gasteiger partial charge in [-0.15, -0.1) is 0 Å². The average Bonchev–Trinajstić information content (AvgIpc) is 2.59. The van der Waals surface area contributed by atoms with E-state index in [0.29, 0.717) is 6.10 Å². The highest BCUT2D eigenvalue weighted by molar-refractivity contribution is 4.67. The van der Waals surface area contributed by atoms with Crippen molar-refractivity contribution in [3.8, 4) is 0 Å². The minimum Gasteiger partial charge on any atom is -0.377 e. The van der Waals surface area contributed by atoms with E-state index in [9.17, 15) is 0 Å². The Bertz CT molecular complexity index is 224. The smallest absolute Gasteiger partial charge is 0.0701 e. The van der Waals surface area contributed by atoms with Gasteiger partial charge in [0.2, 0.25) is 0 Å². The zero-order valence-corrected chi connectivity index (χ0v) is 17.5. The number of unbranched alkanes of at least 4 members (excludes halogenated alkanes) is 9. The first kappa shape index (κ1) is 23.9. The quantitative estimate of drug-likeness (QED) is 0.239. The molecule has 0 amide bonds. The lowest BCUT2D eigenvalue weighted by Gasteiger charge is -2.27. The molecule has 1 atom stereocenters. The second-order valence-electron chi connectivity index (χ2n) is 7.35. The highest BCUT2D eigenvalue weighted by atomic mass is 16.5. The SMILES string of the molecule is CCCCCCCCCCC(CN(CCCC)CCCC)OCC. The van der Waals surface area contributed by atoms with Crippen molar-refractivity contribution in [1.82, 2.24) is 4.90 Å². The lowest BCUT2D eigenvalue weighted by Crippen LogP contribution is -2.35. The molecule has 0 bridgehead atoms. The molecule has 0 spiro atoms. The van der Waals surface area contributed by atoms with Crippen LogP contribution in [0.1, 0.15) is 111 Å². The van der Waals surface area contributed by atoms with Crippen LogP contribution in [0.4, 0.5) is 0 Å². The molecule has 2 nitrogen and oxygen atoms in total. The van der Waals surface area contributed by atoms with Crippen LogP contribution in [0.5, 0.6) is 0 Å². The van der Waals surface area contributed by atoms with E-state index < -0.39 is 0 Å². The molecule has 2 heteroatoms. The summed E-state index contributed by atoms with van der Waals surface area (Å²) in [5.74, 6) is 0. The molecule has 0 aliphatic carbocycles. The molecular weight excluding hydrogens is 294 g/mol. The van der Waals surface area contributed by atoms with Crippen LogP contribution in [-0.2, 0) is 4.74 Å². The summed E-state index contributed by atoms with van der Waals surface area (Å²) in [5, 5.41) is 0. The van der Waals surface area contributed by atoms with Gasteiger partial charge in [-0.2, -0.15) is 0 Å². The second kappa shape index (κ2) is 19.2. The van der Waals surface area contributed by atoms with Crippen molar-refractivity contribution in [3.05, 3.63) is 0 Å². The lowest BCUT2D eigenvalue weighted by molar-refractivity contribution is 0.0259. The number of hydrogen-bond acceptors (Lipinski definition) is 2. The molecule has 0 aliphatic rings. The molecule has 0 rings (SSSR count). The number of rotatable bonds is 19. The summed E-state index contributed by atoms with van der Waals surface area (Å²) in [7, 11) is 0. The molecule has 0 fully saturated rings. The Hall–Kier alpha value is -0.0800. The van der Waals surface area contributed by atoms with Crippen LogP contribution >= 0.6 is 0 Å². The summed E-state index contributed by atoms with van der Waals surface area (Å²) in [6.45, 7) is 13.5. The zero-order chi connectivity index (χ0) is 17.9. The first-order chi connectivity index (χ1) is 11.8. The zero-order valence-electron chi connectivity index (χ0n) is 17.5. The lowest BCUT2D eigenvalue weighted by atomic mass is 10.1. The predicted molar refractivity (Wildman–Crippen MR) is 109 cm³/mol. The van der Waals surface area contributed by atoms with Crippen molar-refractivity contribution in [2.75, 3.05) is 26.2 Å². The molecule has 0 aromatic carbocycles. The van der Waals surface area contributed by atoms with Gasteiger partial charge in [0.05, 0.1) is 6.10 Å². The summed E-state index contributed by atoms with van der Waals surface area (Å²) >= 11 is 0.